The number of aryl methyl sites for hydroxylation is 1. The third-order valence-corrected chi connectivity index (χ3v) is 5.36. The van der Waals surface area contributed by atoms with E-state index in [9.17, 15) is 19.4 Å². The molecule has 1 aliphatic heterocycles. The second-order valence-corrected chi connectivity index (χ2v) is 7.17. The van der Waals surface area contributed by atoms with Gasteiger partial charge in [-0.15, -0.1) is 0 Å². The first-order chi connectivity index (χ1) is 14.4. The van der Waals surface area contributed by atoms with Crippen LogP contribution in [-0.4, -0.2) is 62.1 Å². The van der Waals surface area contributed by atoms with Gasteiger partial charge in [0.25, 0.3) is 5.56 Å². The Morgan fingerprint density at radius 3 is 2.63 bits per heavy atom. The van der Waals surface area contributed by atoms with Gasteiger partial charge in [0.15, 0.2) is 5.82 Å². The minimum Gasteiger partial charge on any atom is -0.506 e. The van der Waals surface area contributed by atoms with Crippen molar-refractivity contribution in [2.45, 2.75) is 13.2 Å². The maximum atomic E-state index is 14.4. The maximum absolute atomic E-state index is 14.4. The number of aliphatic hydroxyl groups is 1. The predicted molar refractivity (Wildman–Crippen MR) is 111 cm³/mol. The van der Waals surface area contributed by atoms with Crippen molar-refractivity contribution < 1.29 is 14.6 Å². The van der Waals surface area contributed by atoms with E-state index in [2.05, 4.69) is 16.5 Å². The Morgan fingerprint density at radius 1 is 1.23 bits per heavy atom. The fourth-order valence-corrected chi connectivity index (χ4v) is 3.83. The van der Waals surface area contributed by atoms with Crippen LogP contribution in [0.5, 0.6) is 5.75 Å². The van der Waals surface area contributed by atoms with Crippen LogP contribution in [-0.2, 0) is 0 Å². The summed E-state index contributed by atoms with van der Waals surface area (Å²) in [5, 5.41) is 20.6. The molecule has 1 saturated heterocycles. The minimum atomic E-state index is -0.703. The zero-order chi connectivity index (χ0) is 21.4. The molecular weight excluding hydrogens is 389 g/mol. The molecule has 2 N–H and O–H groups in total. The number of anilines is 1. The number of para-hydroxylation sites is 1. The van der Waals surface area contributed by atoms with E-state index in [4.69, 9.17) is 0 Å². The third kappa shape index (κ3) is 3.31. The van der Waals surface area contributed by atoms with Crippen LogP contribution in [0.25, 0.3) is 16.6 Å². The van der Waals surface area contributed by atoms with Crippen LogP contribution < -0.4 is 10.5 Å². The molecule has 4 rings (SSSR count). The standard InChI is InChI=1S/C21H22FN5O3/c1-3-17(29)25-7-9-26(10-8-25)20-14-11-13(2)27(21(30)18(14)23-12-24-20)19-15(22)5-4-6-16(19)28/h3-6,11-12,17,28-29H,1,7-10H2,2H3. The van der Waals surface area contributed by atoms with Crippen molar-refractivity contribution in [1.29, 1.82) is 0 Å². The lowest BCUT2D eigenvalue weighted by molar-refractivity contribution is 0.0380. The second kappa shape index (κ2) is 7.85. The van der Waals surface area contributed by atoms with Gasteiger partial charge in [-0.25, -0.2) is 14.4 Å². The molecule has 9 heteroatoms. The summed E-state index contributed by atoms with van der Waals surface area (Å²) in [7, 11) is 0. The molecule has 0 bridgehead atoms. The summed E-state index contributed by atoms with van der Waals surface area (Å²) in [6.45, 7) is 7.71. The number of hydrogen-bond donors (Lipinski definition) is 2. The summed E-state index contributed by atoms with van der Waals surface area (Å²) in [5.74, 6) is -0.422. The van der Waals surface area contributed by atoms with Crippen LogP contribution in [0.1, 0.15) is 5.69 Å². The van der Waals surface area contributed by atoms with Crippen molar-refractivity contribution in [3.8, 4) is 11.4 Å². The van der Waals surface area contributed by atoms with E-state index in [1.165, 1.54) is 30.6 Å². The number of pyridine rings is 1. The van der Waals surface area contributed by atoms with Crippen molar-refractivity contribution in [1.82, 2.24) is 19.4 Å². The lowest BCUT2D eigenvalue weighted by atomic mass is 10.2. The highest BCUT2D eigenvalue weighted by atomic mass is 19.1. The first kappa shape index (κ1) is 20.0. The number of phenolic OH excluding ortho intramolecular Hbond substituents is 1. The Kier molecular flexibility index (Phi) is 5.23. The number of phenols is 1. The van der Waals surface area contributed by atoms with Crippen molar-refractivity contribution >= 4 is 16.7 Å². The zero-order valence-corrected chi connectivity index (χ0v) is 16.5. The molecule has 1 aliphatic rings. The van der Waals surface area contributed by atoms with E-state index >= 15 is 0 Å². The zero-order valence-electron chi connectivity index (χ0n) is 16.5. The Balaban J connectivity index is 1.79. The third-order valence-electron chi connectivity index (χ3n) is 5.36. The first-order valence-electron chi connectivity index (χ1n) is 9.57. The number of rotatable bonds is 4. The van der Waals surface area contributed by atoms with Gasteiger partial charge in [0.1, 0.15) is 35.3 Å². The molecule has 3 aromatic rings. The molecule has 0 radical (unpaired) electrons. The van der Waals surface area contributed by atoms with E-state index in [0.717, 1.165) is 4.57 Å². The number of aromatic nitrogens is 3. The van der Waals surface area contributed by atoms with Gasteiger partial charge in [-0.3, -0.25) is 14.3 Å². The van der Waals surface area contributed by atoms with E-state index < -0.39 is 17.6 Å². The van der Waals surface area contributed by atoms with Gasteiger partial charge in [-0.2, -0.15) is 0 Å². The number of piperazine rings is 1. The molecule has 0 saturated carbocycles. The van der Waals surface area contributed by atoms with Crippen molar-refractivity contribution in [3.05, 3.63) is 65.1 Å². The first-order valence-corrected chi connectivity index (χ1v) is 9.57. The SMILES string of the molecule is C=CC(O)N1CCN(c2ncnc3c(=O)n(-c4c(O)cccc4F)c(C)cc23)CC1. The smallest absolute Gasteiger partial charge is 0.282 e. The molecule has 0 spiro atoms. The van der Waals surface area contributed by atoms with Crippen LogP contribution in [0, 0.1) is 12.7 Å². The van der Waals surface area contributed by atoms with Gasteiger partial charge in [0, 0.05) is 31.9 Å². The van der Waals surface area contributed by atoms with Gasteiger partial charge >= 0.3 is 0 Å². The molecule has 30 heavy (non-hydrogen) atoms. The average molecular weight is 411 g/mol. The van der Waals surface area contributed by atoms with Crippen LogP contribution in [0.2, 0.25) is 0 Å². The normalized spacial score (nSPS) is 16.0. The van der Waals surface area contributed by atoms with E-state index in [1.54, 1.807) is 13.0 Å². The number of aromatic hydroxyl groups is 1. The molecule has 1 atom stereocenters. The number of halogens is 1. The summed E-state index contributed by atoms with van der Waals surface area (Å²) in [6, 6.07) is 5.62. The van der Waals surface area contributed by atoms with Gasteiger partial charge in [-0.1, -0.05) is 12.6 Å². The largest absolute Gasteiger partial charge is 0.506 e. The quantitative estimate of drug-likeness (QED) is 0.629. The van der Waals surface area contributed by atoms with Crippen LogP contribution >= 0.6 is 0 Å². The monoisotopic (exact) mass is 411 g/mol. The lowest BCUT2D eigenvalue weighted by Gasteiger charge is -2.37. The lowest BCUT2D eigenvalue weighted by Crippen LogP contribution is -2.50. The molecule has 3 heterocycles. The molecule has 1 aromatic carbocycles. The molecular formula is C21H22FN5O3. The maximum Gasteiger partial charge on any atom is 0.282 e. The summed E-state index contributed by atoms with van der Waals surface area (Å²) in [5.41, 5.74) is -0.143. The van der Waals surface area contributed by atoms with Crippen molar-refractivity contribution in [2.24, 2.45) is 0 Å². The molecule has 1 fully saturated rings. The molecule has 0 amide bonds. The van der Waals surface area contributed by atoms with E-state index in [1.807, 2.05) is 9.80 Å². The number of hydrogen-bond acceptors (Lipinski definition) is 7. The van der Waals surface area contributed by atoms with Gasteiger partial charge in [-0.05, 0) is 31.2 Å². The van der Waals surface area contributed by atoms with Gasteiger partial charge in [0.2, 0.25) is 0 Å². The Bertz CT molecular complexity index is 1150. The van der Waals surface area contributed by atoms with Gasteiger partial charge < -0.3 is 15.1 Å². The highest BCUT2D eigenvalue weighted by Gasteiger charge is 2.24. The summed E-state index contributed by atoms with van der Waals surface area (Å²) >= 11 is 0. The Hall–Kier alpha value is -3.30. The highest BCUT2D eigenvalue weighted by Crippen LogP contribution is 2.28. The molecule has 8 nitrogen and oxygen atoms in total. The topological polar surface area (TPSA) is 94.7 Å². The summed E-state index contributed by atoms with van der Waals surface area (Å²) in [4.78, 5) is 25.6. The van der Waals surface area contributed by atoms with Crippen LogP contribution in [0.15, 0.2) is 48.0 Å². The van der Waals surface area contributed by atoms with E-state index in [-0.39, 0.29) is 17.0 Å². The fraction of sp³-hybridized carbons (Fsp3) is 0.286. The summed E-state index contributed by atoms with van der Waals surface area (Å²) in [6.07, 6.45) is 2.10. The Morgan fingerprint density at radius 2 is 1.97 bits per heavy atom. The van der Waals surface area contributed by atoms with Crippen molar-refractivity contribution in [3.63, 3.8) is 0 Å². The predicted octanol–water partition coefficient (Wildman–Crippen LogP) is 1.56. The fourth-order valence-electron chi connectivity index (χ4n) is 3.83. The van der Waals surface area contributed by atoms with Crippen molar-refractivity contribution in [2.75, 3.05) is 31.1 Å². The minimum absolute atomic E-state index is 0.141. The molecule has 0 aliphatic carbocycles. The number of nitrogens with zero attached hydrogens (tertiary/aromatic N) is 5. The number of aliphatic hydroxyl groups excluding tert-OH is 1. The molecule has 1 unspecified atom stereocenters. The number of benzene rings is 1. The average Bonchev–Trinajstić information content (AvgIpc) is 2.75. The van der Waals surface area contributed by atoms with Crippen LogP contribution in [0.3, 0.4) is 0 Å². The van der Waals surface area contributed by atoms with E-state index in [0.29, 0.717) is 43.1 Å². The Labute approximate surface area is 172 Å². The van der Waals surface area contributed by atoms with Crippen LogP contribution in [0.4, 0.5) is 10.2 Å². The summed E-state index contributed by atoms with van der Waals surface area (Å²) < 4.78 is 15.5. The molecule has 156 valence electrons. The number of fused-ring (bicyclic) bond motifs is 1. The second-order valence-electron chi connectivity index (χ2n) is 7.17. The highest BCUT2D eigenvalue weighted by molar-refractivity contribution is 5.89. The van der Waals surface area contributed by atoms with Gasteiger partial charge in [0.05, 0.1) is 5.39 Å². The molecule has 2 aromatic heterocycles.